The number of aliphatic imine (C=N–C) groups is 1. The molecule has 0 radical (unpaired) electrons. The molecule has 0 bridgehead atoms. The number of anilines is 3. The van der Waals surface area contributed by atoms with Crippen molar-refractivity contribution < 1.29 is 4.39 Å². The van der Waals surface area contributed by atoms with E-state index in [-0.39, 0.29) is 28.8 Å². The molecule has 0 fully saturated rings. The predicted molar refractivity (Wildman–Crippen MR) is 103 cm³/mol. The van der Waals surface area contributed by atoms with Gasteiger partial charge in [0, 0.05) is 12.1 Å². The van der Waals surface area contributed by atoms with Crippen LogP contribution in [-0.4, -0.2) is 29.9 Å². The largest absolute Gasteiger partial charge is 0.397 e. The van der Waals surface area contributed by atoms with E-state index in [2.05, 4.69) is 20.6 Å². The number of fused-ring (bicyclic) bond motifs is 1. The first-order valence-corrected chi connectivity index (χ1v) is 8.27. The van der Waals surface area contributed by atoms with E-state index in [1.54, 1.807) is 12.3 Å². The molecule has 1 aromatic carbocycles. The second kappa shape index (κ2) is 7.39. The van der Waals surface area contributed by atoms with Crippen molar-refractivity contribution in [1.29, 1.82) is 10.5 Å². The van der Waals surface area contributed by atoms with Gasteiger partial charge in [0.1, 0.15) is 35.1 Å². The summed E-state index contributed by atoms with van der Waals surface area (Å²) in [6.45, 7) is 0.522. The van der Waals surface area contributed by atoms with Crippen molar-refractivity contribution in [3.63, 3.8) is 0 Å². The summed E-state index contributed by atoms with van der Waals surface area (Å²) in [6, 6.07) is 5.74. The number of nitrogen functional groups attached to an aromatic ring is 2. The first kappa shape index (κ1) is 18.9. The maximum atomic E-state index is 14.3. The Morgan fingerprint density at radius 1 is 1.29 bits per heavy atom. The molecule has 2 aromatic rings. The van der Waals surface area contributed by atoms with Crippen LogP contribution in [0.4, 0.5) is 21.7 Å². The standard InChI is InChI=1S/C18H18FN9/c1-28(2)7-9-3-10(5-11(19)4-9)15-13-14(22)12(6-20)16(23)26-17(13)27-18(25-15)24-8-21/h3-5,15H,7H2,1-2H3,(H6,22,23,24,25,26,27). The molecule has 1 unspecified atom stereocenters. The molecular weight excluding hydrogens is 361 g/mol. The van der Waals surface area contributed by atoms with E-state index in [4.69, 9.17) is 16.7 Å². The highest BCUT2D eigenvalue weighted by Gasteiger charge is 2.30. The monoisotopic (exact) mass is 379 g/mol. The van der Waals surface area contributed by atoms with E-state index in [0.29, 0.717) is 17.7 Å². The van der Waals surface area contributed by atoms with E-state index < -0.39 is 11.9 Å². The fourth-order valence-electron chi connectivity index (χ4n) is 3.11. The smallest absolute Gasteiger partial charge is 0.211 e. The average molecular weight is 379 g/mol. The highest BCUT2D eigenvalue weighted by molar-refractivity contribution is 5.98. The third-order valence-corrected chi connectivity index (χ3v) is 4.15. The molecule has 142 valence electrons. The van der Waals surface area contributed by atoms with Crippen molar-refractivity contribution in [2.75, 3.05) is 30.9 Å². The fourth-order valence-corrected chi connectivity index (χ4v) is 3.11. The lowest BCUT2D eigenvalue weighted by Gasteiger charge is -2.26. The van der Waals surface area contributed by atoms with Gasteiger partial charge in [0.2, 0.25) is 5.96 Å². The lowest BCUT2D eigenvalue weighted by molar-refractivity contribution is 0.401. The van der Waals surface area contributed by atoms with Gasteiger partial charge in [-0.05, 0) is 37.4 Å². The zero-order valence-electron chi connectivity index (χ0n) is 15.3. The summed E-state index contributed by atoms with van der Waals surface area (Å²) in [4.78, 5) is 10.5. The van der Waals surface area contributed by atoms with E-state index in [1.165, 1.54) is 12.1 Å². The molecule has 28 heavy (non-hydrogen) atoms. The Balaban J connectivity index is 2.22. The molecule has 1 aliphatic heterocycles. The minimum Gasteiger partial charge on any atom is -0.397 e. The van der Waals surface area contributed by atoms with Crippen molar-refractivity contribution in [2.45, 2.75) is 12.6 Å². The van der Waals surface area contributed by atoms with Crippen LogP contribution in [-0.2, 0) is 6.54 Å². The first-order valence-electron chi connectivity index (χ1n) is 8.27. The number of hydrogen-bond acceptors (Lipinski definition) is 9. The number of rotatable bonds is 3. The number of aromatic nitrogens is 1. The number of benzene rings is 1. The Morgan fingerprint density at radius 2 is 2.04 bits per heavy atom. The summed E-state index contributed by atoms with van der Waals surface area (Å²) < 4.78 is 14.3. The number of hydrogen-bond donors (Lipinski definition) is 4. The molecule has 1 atom stereocenters. The quantitative estimate of drug-likeness (QED) is 0.459. The minimum atomic E-state index is -0.774. The van der Waals surface area contributed by atoms with Gasteiger partial charge < -0.3 is 21.7 Å². The predicted octanol–water partition coefficient (Wildman–Crippen LogP) is 1.26. The van der Waals surface area contributed by atoms with Crippen LogP contribution < -0.4 is 22.1 Å². The van der Waals surface area contributed by atoms with E-state index >= 15 is 0 Å². The molecule has 1 aliphatic rings. The zero-order valence-corrected chi connectivity index (χ0v) is 15.3. The average Bonchev–Trinajstić information content (AvgIpc) is 2.60. The van der Waals surface area contributed by atoms with Crippen molar-refractivity contribution in [3.05, 3.63) is 46.3 Å². The van der Waals surface area contributed by atoms with Crippen LogP contribution in [0.1, 0.15) is 28.3 Å². The second-order valence-electron chi connectivity index (χ2n) is 6.53. The number of nitriles is 2. The molecule has 0 saturated heterocycles. The Hall–Kier alpha value is -3.89. The third kappa shape index (κ3) is 3.49. The number of pyridine rings is 1. The van der Waals surface area contributed by atoms with E-state index in [0.717, 1.165) is 5.56 Å². The molecule has 0 spiro atoms. The van der Waals surface area contributed by atoms with Crippen molar-refractivity contribution in [3.8, 4) is 12.3 Å². The van der Waals surface area contributed by atoms with Gasteiger partial charge in [-0.2, -0.15) is 10.5 Å². The summed E-state index contributed by atoms with van der Waals surface area (Å²) in [7, 11) is 3.75. The first-order chi connectivity index (χ1) is 13.3. The molecule has 0 aliphatic carbocycles. The number of nitrogens with two attached hydrogens (primary N) is 2. The zero-order chi connectivity index (χ0) is 20.4. The van der Waals surface area contributed by atoms with Crippen LogP contribution in [0.25, 0.3) is 0 Å². The summed E-state index contributed by atoms with van der Waals surface area (Å²) in [5.74, 6) is -0.0998. The van der Waals surface area contributed by atoms with Crippen LogP contribution in [0.2, 0.25) is 0 Å². The second-order valence-corrected chi connectivity index (χ2v) is 6.53. The molecule has 6 N–H and O–H groups in total. The van der Waals surface area contributed by atoms with Gasteiger partial charge in [0.25, 0.3) is 0 Å². The van der Waals surface area contributed by atoms with Crippen LogP contribution in [0.15, 0.2) is 23.2 Å². The van der Waals surface area contributed by atoms with Crippen LogP contribution >= 0.6 is 0 Å². The van der Waals surface area contributed by atoms with Gasteiger partial charge in [0.15, 0.2) is 6.19 Å². The molecule has 0 saturated carbocycles. The summed E-state index contributed by atoms with van der Waals surface area (Å²) in [6.07, 6.45) is 1.77. The van der Waals surface area contributed by atoms with Gasteiger partial charge in [-0.25, -0.2) is 14.4 Å². The maximum absolute atomic E-state index is 14.3. The van der Waals surface area contributed by atoms with Crippen LogP contribution in [0.3, 0.4) is 0 Å². The van der Waals surface area contributed by atoms with E-state index in [9.17, 15) is 9.65 Å². The summed E-state index contributed by atoms with van der Waals surface area (Å²) in [5.41, 5.74) is 13.8. The van der Waals surface area contributed by atoms with Crippen LogP contribution in [0, 0.1) is 28.6 Å². The van der Waals surface area contributed by atoms with Gasteiger partial charge in [0.05, 0.1) is 5.69 Å². The summed E-state index contributed by atoms with van der Waals surface area (Å²) >= 11 is 0. The Kier molecular flexibility index (Phi) is 4.98. The number of halogens is 1. The highest BCUT2D eigenvalue weighted by atomic mass is 19.1. The van der Waals surface area contributed by atoms with Crippen molar-refractivity contribution in [2.24, 2.45) is 4.99 Å². The van der Waals surface area contributed by atoms with Crippen molar-refractivity contribution >= 4 is 23.3 Å². The van der Waals surface area contributed by atoms with Gasteiger partial charge in [-0.1, -0.05) is 6.07 Å². The summed E-state index contributed by atoms with van der Waals surface area (Å²) in [5, 5.41) is 23.5. The van der Waals surface area contributed by atoms with Crippen LogP contribution in [0.5, 0.6) is 0 Å². The van der Waals surface area contributed by atoms with Gasteiger partial charge in [-0.3, -0.25) is 5.32 Å². The normalized spacial score (nSPS) is 15.1. The van der Waals surface area contributed by atoms with Gasteiger partial charge >= 0.3 is 0 Å². The Bertz CT molecular complexity index is 1050. The minimum absolute atomic E-state index is 0.0300. The Morgan fingerprint density at radius 3 is 2.68 bits per heavy atom. The third-order valence-electron chi connectivity index (χ3n) is 4.15. The lowest BCUT2D eigenvalue weighted by Crippen LogP contribution is -2.32. The molecule has 1 aromatic heterocycles. The lowest BCUT2D eigenvalue weighted by atomic mass is 9.94. The fraction of sp³-hybridized carbons (Fsp3) is 0.222. The number of nitrogens with zero attached hydrogens (tertiary/aromatic N) is 5. The highest BCUT2D eigenvalue weighted by Crippen LogP contribution is 2.40. The molecule has 10 heteroatoms. The number of guanidine groups is 1. The molecular formula is C18H18FN9. The molecule has 0 amide bonds. The van der Waals surface area contributed by atoms with Crippen molar-refractivity contribution in [1.82, 2.24) is 15.2 Å². The van der Waals surface area contributed by atoms with Gasteiger partial charge in [-0.15, -0.1) is 0 Å². The maximum Gasteiger partial charge on any atom is 0.211 e. The molecule has 3 rings (SSSR count). The topological polar surface area (TPSA) is 152 Å². The Labute approximate surface area is 161 Å². The van der Waals surface area contributed by atoms with E-state index in [1.807, 2.05) is 25.1 Å². The molecule has 2 heterocycles. The number of nitrogens with one attached hydrogen (secondary N) is 2. The SMILES string of the molecule is CN(C)Cc1cc(F)cc(C2N=C(NC#N)Nc3nc(N)c(C#N)c(N)c32)c1. The molecule has 9 nitrogen and oxygen atoms in total.